The summed E-state index contributed by atoms with van der Waals surface area (Å²) in [5, 5.41) is 13.7. The van der Waals surface area contributed by atoms with E-state index in [0.29, 0.717) is 17.0 Å². The minimum absolute atomic E-state index is 0.243. The Morgan fingerprint density at radius 2 is 1.82 bits per heavy atom. The number of hydrogen-bond donors (Lipinski definition) is 1. The van der Waals surface area contributed by atoms with E-state index in [-0.39, 0.29) is 5.91 Å². The molecule has 28 heavy (non-hydrogen) atoms. The predicted molar refractivity (Wildman–Crippen MR) is 113 cm³/mol. The molecule has 144 valence electrons. The molecule has 3 rings (SSSR count). The first kappa shape index (κ1) is 20.1. The Morgan fingerprint density at radius 1 is 1.14 bits per heavy atom. The molecule has 0 aliphatic carbocycles. The van der Waals surface area contributed by atoms with Gasteiger partial charge in [-0.05, 0) is 41.8 Å². The van der Waals surface area contributed by atoms with Crippen molar-refractivity contribution in [3.05, 3.63) is 76.6 Å². The van der Waals surface area contributed by atoms with Crippen molar-refractivity contribution in [2.24, 2.45) is 12.1 Å². The summed E-state index contributed by atoms with van der Waals surface area (Å²) in [5.41, 5.74) is 6.02. The molecule has 0 spiro atoms. The topological polar surface area (TPSA) is 72.2 Å². The number of rotatable bonds is 7. The monoisotopic (exact) mass is 413 g/mol. The van der Waals surface area contributed by atoms with Gasteiger partial charge in [-0.25, -0.2) is 5.43 Å². The number of hydrogen-bond acceptors (Lipinski definition) is 5. The first-order valence-corrected chi connectivity index (χ1v) is 10.1. The van der Waals surface area contributed by atoms with Crippen LogP contribution in [0, 0.1) is 0 Å². The maximum absolute atomic E-state index is 12.4. The fourth-order valence-electron chi connectivity index (χ4n) is 2.48. The van der Waals surface area contributed by atoms with Gasteiger partial charge in [0.1, 0.15) is 6.33 Å². The van der Waals surface area contributed by atoms with E-state index in [1.54, 1.807) is 30.2 Å². The zero-order chi connectivity index (χ0) is 19.9. The molecule has 0 fully saturated rings. The lowest BCUT2D eigenvalue weighted by atomic mass is 10.1. The molecule has 0 bridgehead atoms. The van der Waals surface area contributed by atoms with Crippen molar-refractivity contribution < 1.29 is 4.79 Å². The van der Waals surface area contributed by atoms with Crippen LogP contribution in [0.4, 0.5) is 0 Å². The van der Waals surface area contributed by atoms with E-state index in [9.17, 15) is 4.79 Å². The second-order valence-corrected chi connectivity index (χ2v) is 7.45. The van der Waals surface area contributed by atoms with E-state index in [2.05, 4.69) is 20.7 Å². The highest BCUT2D eigenvalue weighted by molar-refractivity contribution is 7.98. The highest BCUT2D eigenvalue weighted by Crippen LogP contribution is 2.20. The number of carbonyl (C=O) groups is 1. The second-order valence-electron chi connectivity index (χ2n) is 6.07. The number of benzene rings is 2. The first-order chi connectivity index (χ1) is 13.6. The van der Waals surface area contributed by atoms with Gasteiger partial charge < -0.3 is 4.57 Å². The molecular formula is C20H20ClN5OS. The molecular weight excluding hydrogens is 394 g/mol. The normalized spacial score (nSPS) is 11.5. The van der Waals surface area contributed by atoms with Gasteiger partial charge in [-0.2, -0.15) is 5.10 Å². The number of hydrazone groups is 1. The number of thioether (sulfide) groups is 1. The molecule has 3 aromatic rings. The number of aromatic nitrogens is 3. The highest BCUT2D eigenvalue weighted by atomic mass is 35.5. The summed E-state index contributed by atoms with van der Waals surface area (Å²) in [5.74, 6) is 0.510. The summed E-state index contributed by atoms with van der Waals surface area (Å²) >= 11 is 7.51. The summed E-state index contributed by atoms with van der Waals surface area (Å²) in [6, 6.07) is 14.9. The van der Waals surface area contributed by atoms with Crippen LogP contribution in [0.15, 0.2) is 65.1 Å². The smallest absolute Gasteiger partial charge is 0.271 e. The molecule has 0 radical (unpaired) electrons. The van der Waals surface area contributed by atoms with Crippen molar-refractivity contribution in [1.29, 1.82) is 0 Å². The molecule has 0 aliphatic rings. The minimum atomic E-state index is -0.243. The molecule has 8 heteroatoms. The van der Waals surface area contributed by atoms with Gasteiger partial charge >= 0.3 is 0 Å². The second kappa shape index (κ2) is 9.52. The average Bonchev–Trinajstić information content (AvgIpc) is 3.13. The Morgan fingerprint density at radius 3 is 2.43 bits per heavy atom. The average molecular weight is 414 g/mol. The fourth-order valence-corrected chi connectivity index (χ4v) is 3.45. The van der Waals surface area contributed by atoms with E-state index in [4.69, 9.17) is 11.6 Å². The van der Waals surface area contributed by atoms with Gasteiger partial charge in [-0.1, -0.05) is 54.6 Å². The third-order valence-electron chi connectivity index (χ3n) is 4.06. The maximum atomic E-state index is 12.4. The van der Waals surface area contributed by atoms with Crippen molar-refractivity contribution in [3.63, 3.8) is 0 Å². The van der Waals surface area contributed by atoms with E-state index in [1.807, 2.05) is 54.9 Å². The van der Waals surface area contributed by atoms with Gasteiger partial charge in [-0.3, -0.25) is 4.79 Å². The van der Waals surface area contributed by atoms with Gasteiger partial charge in [0.05, 0.1) is 5.71 Å². The number of nitrogens with one attached hydrogen (secondary N) is 1. The molecule has 0 atom stereocenters. The Kier molecular flexibility index (Phi) is 6.84. The molecule has 1 heterocycles. The van der Waals surface area contributed by atoms with Crippen LogP contribution in [-0.2, 0) is 12.8 Å². The van der Waals surface area contributed by atoms with Gasteiger partial charge in [0, 0.05) is 23.4 Å². The van der Waals surface area contributed by atoms with Crippen LogP contribution in [0.1, 0.15) is 34.8 Å². The van der Waals surface area contributed by atoms with E-state index in [0.717, 1.165) is 27.7 Å². The van der Waals surface area contributed by atoms with Crippen molar-refractivity contribution in [3.8, 4) is 0 Å². The van der Waals surface area contributed by atoms with Crippen LogP contribution in [0.2, 0.25) is 5.02 Å². The molecule has 2 aromatic carbocycles. The summed E-state index contributed by atoms with van der Waals surface area (Å²) in [4.78, 5) is 12.4. The molecule has 1 N–H and O–H groups in total. The van der Waals surface area contributed by atoms with Gasteiger partial charge in [0.15, 0.2) is 5.16 Å². The molecule has 0 unspecified atom stereocenters. The van der Waals surface area contributed by atoms with Crippen LogP contribution >= 0.6 is 23.4 Å². The van der Waals surface area contributed by atoms with Crippen molar-refractivity contribution >= 4 is 35.0 Å². The zero-order valence-corrected chi connectivity index (χ0v) is 17.2. The van der Waals surface area contributed by atoms with Crippen molar-refractivity contribution in [1.82, 2.24) is 20.2 Å². The summed E-state index contributed by atoms with van der Waals surface area (Å²) < 4.78 is 1.87. The lowest BCUT2D eigenvalue weighted by Crippen LogP contribution is -2.20. The summed E-state index contributed by atoms with van der Waals surface area (Å²) in [6.07, 6.45) is 2.37. The van der Waals surface area contributed by atoms with Crippen LogP contribution in [0.5, 0.6) is 0 Å². The van der Waals surface area contributed by atoms with E-state index >= 15 is 0 Å². The lowest BCUT2D eigenvalue weighted by molar-refractivity contribution is 0.0955. The van der Waals surface area contributed by atoms with Crippen LogP contribution < -0.4 is 5.43 Å². The largest absolute Gasteiger partial charge is 0.312 e. The SMILES string of the molecule is CC/C(=N/NC(=O)c1ccc(CSc2nncn2C)cc1)c1ccc(Cl)cc1. The highest BCUT2D eigenvalue weighted by Gasteiger charge is 2.08. The first-order valence-electron chi connectivity index (χ1n) is 8.75. The number of amides is 1. The van der Waals surface area contributed by atoms with Crippen molar-refractivity contribution in [2.45, 2.75) is 24.3 Å². The number of nitrogens with zero attached hydrogens (tertiary/aromatic N) is 4. The Labute approximate surface area is 173 Å². The minimum Gasteiger partial charge on any atom is -0.312 e. The standard InChI is InChI=1S/C20H20ClN5OS/c1-3-18(15-8-10-17(21)11-9-15)23-24-19(27)16-6-4-14(5-7-16)12-28-20-25-22-13-26(20)2/h4-11,13H,3,12H2,1-2H3,(H,24,27)/b23-18-. The van der Waals surface area contributed by atoms with Crippen LogP contribution in [0.3, 0.4) is 0 Å². The Hall–Kier alpha value is -2.64. The van der Waals surface area contributed by atoms with Gasteiger partial charge in [-0.15, -0.1) is 10.2 Å². The number of halogens is 1. The Balaban J connectivity index is 1.60. The Bertz CT molecular complexity index is 967. The third kappa shape index (κ3) is 5.21. The predicted octanol–water partition coefficient (Wildman–Crippen LogP) is 4.30. The summed E-state index contributed by atoms with van der Waals surface area (Å²) in [7, 11) is 1.91. The van der Waals surface area contributed by atoms with Crippen LogP contribution in [0.25, 0.3) is 0 Å². The molecule has 6 nitrogen and oxygen atoms in total. The number of carbonyl (C=O) groups excluding carboxylic acids is 1. The van der Waals surface area contributed by atoms with Gasteiger partial charge in [0.25, 0.3) is 5.91 Å². The molecule has 1 aromatic heterocycles. The van der Waals surface area contributed by atoms with Crippen LogP contribution in [-0.4, -0.2) is 26.4 Å². The molecule has 1 amide bonds. The molecule has 0 saturated carbocycles. The zero-order valence-electron chi connectivity index (χ0n) is 15.6. The van der Waals surface area contributed by atoms with E-state index in [1.165, 1.54) is 0 Å². The third-order valence-corrected chi connectivity index (χ3v) is 5.42. The molecule has 0 saturated heterocycles. The lowest BCUT2D eigenvalue weighted by Gasteiger charge is -2.06. The van der Waals surface area contributed by atoms with Crippen molar-refractivity contribution in [2.75, 3.05) is 0 Å². The van der Waals surface area contributed by atoms with E-state index < -0.39 is 0 Å². The quantitative estimate of drug-likeness (QED) is 0.356. The fraction of sp³-hybridized carbons (Fsp3) is 0.200. The number of aryl methyl sites for hydroxylation is 1. The maximum Gasteiger partial charge on any atom is 0.271 e. The molecule has 0 aliphatic heterocycles. The van der Waals surface area contributed by atoms with Gasteiger partial charge in [0.2, 0.25) is 0 Å². The summed E-state index contributed by atoms with van der Waals surface area (Å²) in [6.45, 7) is 1.99.